The number of hydrogen-bond acceptors (Lipinski definition) is 6. The number of anilines is 6. The summed E-state index contributed by atoms with van der Waals surface area (Å²) in [5, 5.41) is 1.47. The summed E-state index contributed by atoms with van der Waals surface area (Å²) < 4.78 is 14.5. The number of nitrogens with zero attached hydrogens (tertiary/aromatic N) is 6. The van der Waals surface area contributed by atoms with Gasteiger partial charge in [0.15, 0.2) is 0 Å². The van der Waals surface area contributed by atoms with E-state index in [0.717, 1.165) is 43.6 Å². The van der Waals surface area contributed by atoms with Crippen LogP contribution in [0.2, 0.25) is 10.0 Å². The molecule has 2 saturated heterocycles. The number of para-hydroxylation sites is 5. The van der Waals surface area contributed by atoms with E-state index < -0.39 is 19.2 Å². The molecule has 0 saturated carbocycles. The van der Waals surface area contributed by atoms with Crippen molar-refractivity contribution in [2.45, 2.75) is 0 Å². The summed E-state index contributed by atoms with van der Waals surface area (Å²) in [6.07, 6.45) is -1.67. The summed E-state index contributed by atoms with van der Waals surface area (Å²) in [6.45, 7) is -0.480. The van der Waals surface area contributed by atoms with Crippen molar-refractivity contribution >= 4 is 210 Å². The first-order valence-electron chi connectivity index (χ1n) is 27.4. The zero-order valence-electron chi connectivity index (χ0n) is 49.3. The van der Waals surface area contributed by atoms with E-state index in [1.165, 1.54) is 16.4 Å². The summed E-state index contributed by atoms with van der Waals surface area (Å²) in [4.78, 5) is 0. The van der Waals surface area contributed by atoms with Gasteiger partial charge >= 0.3 is 86.2 Å². The molecule has 2 aliphatic rings. The van der Waals surface area contributed by atoms with Gasteiger partial charge in [0.2, 0.25) is 0 Å². The van der Waals surface area contributed by atoms with Gasteiger partial charge in [-0.2, -0.15) is 36.4 Å². The average molecular weight is 1380 g/mol. The minimum absolute atomic E-state index is 0. The summed E-state index contributed by atoms with van der Waals surface area (Å²) >= 11 is 36.4. The first kappa shape index (κ1) is 69.0. The van der Waals surface area contributed by atoms with Crippen LogP contribution in [0.15, 0.2) is 326 Å². The molecular weight excluding hydrogens is 1330 g/mol. The molecule has 0 radical (unpaired) electrons. The van der Waals surface area contributed by atoms with Crippen LogP contribution in [0.3, 0.4) is 0 Å². The minimum atomic E-state index is -0.556. The van der Waals surface area contributed by atoms with Crippen LogP contribution in [0.25, 0.3) is 0 Å². The fourth-order valence-corrected chi connectivity index (χ4v) is 12.8. The molecule has 0 aromatic heterocycles. The van der Waals surface area contributed by atoms with Crippen molar-refractivity contribution < 1.29 is 19.8 Å². The average Bonchev–Trinajstić information content (AvgIpc) is 2.54. The second kappa shape index (κ2) is 35.1. The Kier molecular flexibility index (Phi) is 27.8. The molecule has 11 aromatic carbocycles. The molecule has 420 valence electrons. The van der Waals surface area contributed by atoms with Gasteiger partial charge in [0.05, 0.1) is 0 Å². The van der Waals surface area contributed by atoms with Gasteiger partial charge < -0.3 is 48.2 Å². The van der Waals surface area contributed by atoms with Gasteiger partial charge in [-0.25, -0.2) is 0 Å². The predicted molar refractivity (Wildman–Crippen MR) is 387 cm³/mol. The third-order valence-corrected chi connectivity index (χ3v) is 16.2. The number of rotatable bonds is 9. The van der Waals surface area contributed by atoms with Crippen molar-refractivity contribution in [3.05, 3.63) is 342 Å². The maximum Gasteiger partial charge on any atom is 2.00 e. The molecule has 2 fully saturated rings. The normalized spacial score (nSPS) is 12.6. The maximum absolute atomic E-state index is 6.92. The second-order valence-electron chi connectivity index (χ2n) is 19.4. The van der Waals surface area contributed by atoms with Crippen molar-refractivity contribution in [2.24, 2.45) is 0 Å². The molecule has 0 bridgehead atoms. The molecule has 2 aliphatic heterocycles. The van der Waals surface area contributed by atoms with Gasteiger partial charge in [0.1, 0.15) is 0 Å². The van der Waals surface area contributed by atoms with Gasteiger partial charge in [-0.05, 0) is 113 Å². The number of benzene rings is 11. The van der Waals surface area contributed by atoms with Crippen LogP contribution >= 0.6 is 73.5 Å². The van der Waals surface area contributed by atoms with E-state index in [1.54, 1.807) is 0 Å². The van der Waals surface area contributed by atoms with E-state index >= 15 is 0 Å². The SMILES string of the molecule is ClB1N(c2ccccc2)B(Cl)N(c2ccccc2)B(Cl)N1c1ccccc1.Clc1cccc(Br)c1.Clc1cccc(N2B(c3ccccc3)N(c3ccccc3)B(c3ccccc3)N(c3ccccc3)B2c2ccccc2)c1.[Br-].[H-].[H-].[Mg+2].[Mg+2].[c-]1ccccc1. The van der Waals surface area contributed by atoms with Gasteiger partial charge in [-0.1, -0.05) is 233 Å². The Hall–Kier alpha value is -5.45. The Labute approximate surface area is 594 Å². The monoisotopic (exact) mass is 1380 g/mol. The molecule has 6 nitrogen and oxygen atoms in total. The molecule has 87 heavy (non-hydrogen) atoms. The quantitative estimate of drug-likeness (QED) is 0.105. The van der Waals surface area contributed by atoms with E-state index in [1.807, 2.05) is 172 Å². The van der Waals surface area contributed by atoms with Crippen LogP contribution < -0.4 is 61.7 Å². The van der Waals surface area contributed by atoms with Crippen LogP contribution in [0.5, 0.6) is 0 Å². The van der Waals surface area contributed by atoms with Crippen LogP contribution in [-0.4, -0.2) is 86.2 Å². The third-order valence-electron chi connectivity index (χ3n) is 14.0. The van der Waals surface area contributed by atoms with Gasteiger partial charge in [-0.15, -0.1) is 34.4 Å². The molecule has 0 spiro atoms. The van der Waals surface area contributed by atoms with E-state index in [2.05, 4.69) is 200 Å². The molecule has 0 aliphatic carbocycles. The molecule has 11 aromatic rings. The smallest absolute Gasteiger partial charge is 1.00 e. The van der Waals surface area contributed by atoms with Crippen LogP contribution in [-0.2, 0) is 0 Å². The molecule has 0 unspecified atom stereocenters. The van der Waals surface area contributed by atoms with Gasteiger partial charge in [0, 0.05) is 48.6 Å². The topological polar surface area (TPSA) is 19.4 Å². The number of halogens is 7. The van der Waals surface area contributed by atoms with E-state index in [4.69, 9.17) is 57.6 Å². The molecule has 0 amide bonds. The van der Waals surface area contributed by atoms with Crippen LogP contribution in [0, 0.1) is 6.07 Å². The zero-order valence-corrected chi connectivity index (χ0v) is 57.1. The van der Waals surface area contributed by atoms with Crippen molar-refractivity contribution in [3.63, 3.8) is 0 Å². The summed E-state index contributed by atoms with van der Waals surface area (Å²) in [5.41, 5.74) is 9.66. The largest absolute Gasteiger partial charge is 2.00 e. The van der Waals surface area contributed by atoms with E-state index in [-0.39, 0.29) is 86.9 Å². The summed E-state index contributed by atoms with van der Waals surface area (Å²) in [6, 6.07) is 112. The van der Waals surface area contributed by atoms with Crippen molar-refractivity contribution in [1.82, 2.24) is 0 Å². The minimum Gasteiger partial charge on any atom is -1.00 e. The van der Waals surface area contributed by atoms with E-state index in [9.17, 15) is 0 Å². The standard InChI is InChI=1S/C36H29B3ClN3.C18H15B3Cl3N3.C6H4BrCl.C6H5.BrH.2Mg.2H/c40-33-23-16-28-36(29-33)43-38(31-19-8-2-9-20-31)41(34-24-12-4-13-25-34)37(30-17-6-1-7-18-30)42(35-26-14-5-15-27-35)39(43)32-21-10-3-11-22-32;22-19-25(16-10-4-1-5-11-16)20(23)27(18-14-8-3-9-15-18)21(24)26(19)17-12-6-2-7-13-17;7-5-2-1-3-6(8)4-5;1-2-4-6-5-3-1;;;;;/h1-29H;1-15H;1-4H;1-5H;1H;;;;/q;;;-1;;2*+2;2*-1/p-1. The Morgan fingerprint density at radius 2 is 0.529 bits per heavy atom. The molecule has 21 heteroatoms. The molecule has 0 N–H and O–H groups in total. The second-order valence-corrected chi connectivity index (χ2v) is 22.4. The molecule has 2 heterocycles. The molecular formula is C66H55B6Br2Cl5Mg2N6. The van der Waals surface area contributed by atoms with Crippen molar-refractivity contribution in [1.29, 1.82) is 0 Å². The Morgan fingerprint density at radius 3 is 0.770 bits per heavy atom. The van der Waals surface area contributed by atoms with E-state index in [0.29, 0.717) is 5.02 Å². The van der Waals surface area contributed by atoms with Crippen LogP contribution in [0.4, 0.5) is 34.1 Å². The fraction of sp³-hybridized carbons (Fsp3) is 0. The Balaban J connectivity index is 0.000000267. The number of hydrogen-bond donors (Lipinski definition) is 0. The summed E-state index contributed by atoms with van der Waals surface area (Å²) in [7, 11) is 0. The molecule has 0 atom stereocenters. The predicted octanol–water partition coefficient (Wildman–Crippen LogP) is 12.6. The first-order valence-corrected chi connectivity index (χ1v) is 30.2. The van der Waals surface area contributed by atoms with Gasteiger partial charge in [0.25, 0.3) is 0 Å². The Bertz CT molecular complexity index is 3470. The first-order chi connectivity index (χ1) is 41.3. The Morgan fingerprint density at radius 1 is 0.287 bits per heavy atom. The van der Waals surface area contributed by atoms with Crippen molar-refractivity contribution in [2.75, 3.05) is 28.3 Å². The zero-order chi connectivity index (χ0) is 58.0. The van der Waals surface area contributed by atoms with Crippen LogP contribution in [0.1, 0.15) is 2.85 Å². The fourth-order valence-electron chi connectivity index (χ4n) is 10.4. The summed E-state index contributed by atoms with van der Waals surface area (Å²) in [5.74, 6) is 0. The van der Waals surface area contributed by atoms with Crippen molar-refractivity contribution in [3.8, 4) is 0 Å². The third kappa shape index (κ3) is 17.5. The maximum atomic E-state index is 6.92. The van der Waals surface area contributed by atoms with Gasteiger partial charge in [-0.3, -0.25) is 0 Å². The molecule has 13 rings (SSSR count).